The number of hydrogen-bond donors (Lipinski definition) is 1. The summed E-state index contributed by atoms with van der Waals surface area (Å²) in [5.41, 5.74) is 3.48. The van der Waals surface area contributed by atoms with Crippen LogP contribution in [0.3, 0.4) is 0 Å². The maximum atomic E-state index is 6.08. The van der Waals surface area contributed by atoms with Gasteiger partial charge in [-0.2, -0.15) is 0 Å². The molecule has 3 aromatic rings. The van der Waals surface area contributed by atoms with Gasteiger partial charge in [-0.1, -0.05) is 35.9 Å². The molecule has 1 fully saturated rings. The van der Waals surface area contributed by atoms with Gasteiger partial charge in [-0.15, -0.1) is 0 Å². The summed E-state index contributed by atoms with van der Waals surface area (Å²) in [6.07, 6.45) is 0. The van der Waals surface area contributed by atoms with Crippen molar-refractivity contribution in [1.82, 2.24) is 19.8 Å². The number of aromatic nitrogens is 2. The molecule has 0 amide bonds. The minimum absolute atomic E-state index is 0.292. The molecule has 1 aromatic heterocycles. The minimum atomic E-state index is 0.292. The van der Waals surface area contributed by atoms with Crippen molar-refractivity contribution in [2.75, 3.05) is 32.8 Å². The molecule has 0 bridgehead atoms. The molecule has 1 N–H and O–H groups in total. The van der Waals surface area contributed by atoms with E-state index in [1.54, 1.807) is 0 Å². The van der Waals surface area contributed by atoms with Crippen LogP contribution in [0.2, 0.25) is 5.02 Å². The summed E-state index contributed by atoms with van der Waals surface area (Å²) >= 11 is 6.08. The number of morpholine rings is 1. The first kappa shape index (κ1) is 18.4. The number of fused-ring (bicyclic) bond motifs is 1. The molecule has 1 unspecified atom stereocenters. The summed E-state index contributed by atoms with van der Waals surface area (Å²) in [6, 6.07) is 16.7. The Morgan fingerprint density at radius 2 is 1.85 bits per heavy atom. The van der Waals surface area contributed by atoms with Crippen LogP contribution < -0.4 is 5.32 Å². The number of imidazole rings is 1. The second kappa shape index (κ2) is 8.40. The molecule has 27 heavy (non-hydrogen) atoms. The van der Waals surface area contributed by atoms with Gasteiger partial charge in [-0.05, 0) is 29.8 Å². The van der Waals surface area contributed by atoms with Crippen LogP contribution >= 0.6 is 11.6 Å². The van der Waals surface area contributed by atoms with E-state index in [1.165, 1.54) is 5.56 Å². The zero-order valence-electron chi connectivity index (χ0n) is 15.6. The normalized spacial score (nSPS) is 16.7. The van der Waals surface area contributed by atoms with E-state index in [9.17, 15) is 0 Å². The van der Waals surface area contributed by atoms with Gasteiger partial charge >= 0.3 is 0 Å². The molecular formula is C21H25ClN4O. The Balaban J connectivity index is 1.47. The fraction of sp³-hybridized carbons (Fsp3) is 0.381. The van der Waals surface area contributed by atoms with Crippen LogP contribution in [0, 0.1) is 0 Å². The standard InChI is InChI=1S/C21H25ClN4O/c1-25-19-5-3-2-4-18(19)24-21(25)15-23-14-20(26-10-12-27-13-11-26)16-6-8-17(22)9-7-16/h2-9,20,23H,10-15H2,1H3. The van der Waals surface area contributed by atoms with Crippen LogP contribution in [0.5, 0.6) is 0 Å². The van der Waals surface area contributed by atoms with E-state index in [-0.39, 0.29) is 0 Å². The lowest BCUT2D eigenvalue weighted by Crippen LogP contribution is -2.42. The molecule has 2 aromatic carbocycles. The van der Waals surface area contributed by atoms with Crippen LogP contribution in [-0.2, 0) is 18.3 Å². The van der Waals surface area contributed by atoms with E-state index >= 15 is 0 Å². The quantitative estimate of drug-likeness (QED) is 0.707. The summed E-state index contributed by atoms with van der Waals surface area (Å²) < 4.78 is 7.69. The topological polar surface area (TPSA) is 42.3 Å². The van der Waals surface area contributed by atoms with Gasteiger partial charge in [0, 0.05) is 37.7 Å². The highest BCUT2D eigenvalue weighted by molar-refractivity contribution is 6.30. The molecule has 1 saturated heterocycles. The van der Waals surface area contributed by atoms with Gasteiger partial charge in [-0.3, -0.25) is 4.90 Å². The number of aryl methyl sites for hydroxylation is 1. The third-order valence-electron chi connectivity index (χ3n) is 5.24. The Labute approximate surface area is 164 Å². The third kappa shape index (κ3) is 4.17. The van der Waals surface area contributed by atoms with Gasteiger partial charge in [0.25, 0.3) is 0 Å². The highest BCUT2D eigenvalue weighted by Crippen LogP contribution is 2.23. The number of nitrogens with one attached hydrogen (secondary N) is 1. The summed E-state index contributed by atoms with van der Waals surface area (Å²) in [5, 5.41) is 4.39. The van der Waals surface area contributed by atoms with Crippen LogP contribution in [0.4, 0.5) is 0 Å². The highest BCUT2D eigenvalue weighted by atomic mass is 35.5. The second-order valence-electron chi connectivity index (χ2n) is 6.92. The molecule has 5 nitrogen and oxygen atoms in total. The molecule has 142 valence electrons. The lowest BCUT2D eigenvalue weighted by Gasteiger charge is -2.35. The molecule has 1 aliphatic heterocycles. The van der Waals surface area contributed by atoms with Gasteiger partial charge < -0.3 is 14.6 Å². The van der Waals surface area contributed by atoms with Gasteiger partial charge in [0.1, 0.15) is 5.82 Å². The third-order valence-corrected chi connectivity index (χ3v) is 5.49. The summed E-state index contributed by atoms with van der Waals surface area (Å²) in [7, 11) is 2.07. The number of halogens is 1. The zero-order valence-corrected chi connectivity index (χ0v) is 16.3. The molecule has 4 rings (SSSR count). The molecule has 0 spiro atoms. The summed E-state index contributed by atoms with van der Waals surface area (Å²) in [4.78, 5) is 7.24. The molecule has 1 atom stereocenters. The first-order chi connectivity index (χ1) is 13.2. The Morgan fingerprint density at radius 1 is 1.11 bits per heavy atom. The van der Waals surface area contributed by atoms with E-state index < -0.39 is 0 Å². The lowest BCUT2D eigenvalue weighted by molar-refractivity contribution is 0.0160. The highest BCUT2D eigenvalue weighted by Gasteiger charge is 2.22. The van der Waals surface area contributed by atoms with Gasteiger partial charge in [-0.25, -0.2) is 4.98 Å². The molecule has 0 saturated carbocycles. The van der Waals surface area contributed by atoms with E-state index in [2.05, 4.69) is 52.2 Å². The number of benzene rings is 2. The van der Waals surface area contributed by atoms with E-state index in [4.69, 9.17) is 21.3 Å². The van der Waals surface area contributed by atoms with E-state index in [1.807, 2.05) is 18.2 Å². The molecule has 6 heteroatoms. The maximum absolute atomic E-state index is 6.08. The van der Waals surface area contributed by atoms with Crippen LogP contribution in [0.15, 0.2) is 48.5 Å². The van der Waals surface area contributed by atoms with Crippen LogP contribution in [0.1, 0.15) is 17.4 Å². The van der Waals surface area contributed by atoms with Crippen molar-refractivity contribution in [1.29, 1.82) is 0 Å². The van der Waals surface area contributed by atoms with Crippen LogP contribution in [-0.4, -0.2) is 47.3 Å². The SMILES string of the molecule is Cn1c(CNCC(c2ccc(Cl)cc2)N2CCOCC2)nc2ccccc21. The number of hydrogen-bond acceptors (Lipinski definition) is 4. The average molecular weight is 385 g/mol. The van der Waals surface area contributed by atoms with Crippen molar-refractivity contribution in [3.05, 3.63) is 64.9 Å². The van der Waals surface area contributed by atoms with Crippen molar-refractivity contribution >= 4 is 22.6 Å². The first-order valence-electron chi connectivity index (χ1n) is 9.40. The fourth-order valence-corrected chi connectivity index (χ4v) is 3.83. The van der Waals surface area contributed by atoms with Gasteiger partial charge in [0.2, 0.25) is 0 Å². The lowest BCUT2D eigenvalue weighted by atomic mass is 10.0. The minimum Gasteiger partial charge on any atom is -0.379 e. The largest absolute Gasteiger partial charge is 0.379 e. The Bertz CT molecular complexity index is 887. The Morgan fingerprint density at radius 3 is 2.59 bits per heavy atom. The molecule has 1 aliphatic rings. The monoisotopic (exact) mass is 384 g/mol. The van der Waals surface area contributed by atoms with Gasteiger partial charge in [0.05, 0.1) is 30.8 Å². The Kier molecular flexibility index (Phi) is 5.74. The number of para-hydroxylation sites is 2. The second-order valence-corrected chi connectivity index (χ2v) is 7.36. The van der Waals surface area contributed by atoms with E-state index in [0.717, 1.165) is 61.3 Å². The summed E-state index contributed by atoms with van der Waals surface area (Å²) in [6.45, 7) is 5.05. The number of ether oxygens (including phenoxy) is 1. The maximum Gasteiger partial charge on any atom is 0.123 e. The number of nitrogens with zero attached hydrogens (tertiary/aromatic N) is 3. The predicted octanol–water partition coefficient (Wildman–Crippen LogP) is 3.39. The molecule has 0 radical (unpaired) electrons. The van der Waals surface area contributed by atoms with Crippen molar-refractivity contribution in [3.63, 3.8) is 0 Å². The molecular weight excluding hydrogens is 360 g/mol. The smallest absolute Gasteiger partial charge is 0.123 e. The van der Waals surface area contributed by atoms with Crippen molar-refractivity contribution < 1.29 is 4.74 Å². The first-order valence-corrected chi connectivity index (χ1v) is 9.78. The average Bonchev–Trinajstić information content (AvgIpc) is 3.03. The fourth-order valence-electron chi connectivity index (χ4n) is 3.71. The Hall–Kier alpha value is -1.92. The van der Waals surface area contributed by atoms with Crippen molar-refractivity contribution in [2.24, 2.45) is 7.05 Å². The van der Waals surface area contributed by atoms with E-state index in [0.29, 0.717) is 6.04 Å². The predicted molar refractivity (Wildman–Crippen MR) is 109 cm³/mol. The molecule has 2 heterocycles. The van der Waals surface area contributed by atoms with Crippen LogP contribution in [0.25, 0.3) is 11.0 Å². The van der Waals surface area contributed by atoms with Gasteiger partial charge in [0.15, 0.2) is 0 Å². The number of rotatable bonds is 6. The van der Waals surface area contributed by atoms with Crippen molar-refractivity contribution in [2.45, 2.75) is 12.6 Å². The molecule has 0 aliphatic carbocycles. The van der Waals surface area contributed by atoms with Crippen molar-refractivity contribution in [3.8, 4) is 0 Å². The summed E-state index contributed by atoms with van der Waals surface area (Å²) in [5.74, 6) is 1.05. The zero-order chi connectivity index (χ0) is 18.6.